The lowest BCUT2D eigenvalue weighted by atomic mass is 10.0. The number of aliphatic hydroxyl groups is 1. The Kier molecular flexibility index (Phi) is 13.8. The van der Waals surface area contributed by atoms with E-state index in [9.17, 15) is 5.11 Å². The van der Waals surface area contributed by atoms with E-state index in [0.29, 0.717) is 12.7 Å². The number of nitrogens with zero attached hydrogens (tertiary/aromatic N) is 2. The first-order valence-electron chi connectivity index (χ1n) is 13.7. The lowest BCUT2D eigenvalue weighted by molar-refractivity contribution is -0.995. The Labute approximate surface area is 203 Å². The number of guanidine groups is 1. The largest absolute Gasteiger partial charge is 0.370 e. The van der Waals surface area contributed by atoms with E-state index < -0.39 is 5.72 Å². The molecule has 0 aliphatic carbocycles. The number of rotatable bonds is 19. The first kappa shape index (κ1) is 27.9. The van der Waals surface area contributed by atoms with Crippen LogP contribution >= 0.6 is 0 Å². The van der Waals surface area contributed by atoms with Crippen LogP contribution in [-0.4, -0.2) is 54.0 Å². The Morgan fingerprint density at radius 1 is 1.00 bits per heavy atom. The lowest BCUT2D eigenvalue weighted by Crippen LogP contribution is -3.24. The molecule has 190 valence electrons. The SMILES string of the molecule is C=CCCCCCCCCCCCCCC1(O)C=CC2N(CCCCN=C(N)N)CCC[NH+]21. The maximum atomic E-state index is 11.4. The third kappa shape index (κ3) is 10.6. The molecule has 0 radical (unpaired) electrons. The van der Waals surface area contributed by atoms with Crippen LogP contribution in [0.15, 0.2) is 29.8 Å². The number of nitrogens with one attached hydrogen (secondary N) is 1. The molecule has 0 saturated carbocycles. The van der Waals surface area contributed by atoms with Crippen molar-refractivity contribution in [3.63, 3.8) is 0 Å². The predicted octanol–water partition coefficient (Wildman–Crippen LogP) is 3.47. The van der Waals surface area contributed by atoms with Crippen molar-refractivity contribution in [1.29, 1.82) is 0 Å². The van der Waals surface area contributed by atoms with Crippen molar-refractivity contribution in [3.8, 4) is 0 Å². The maximum Gasteiger partial charge on any atom is 0.220 e. The number of hydrogen-bond donors (Lipinski definition) is 4. The second-order valence-electron chi connectivity index (χ2n) is 10.1. The van der Waals surface area contributed by atoms with Crippen LogP contribution in [-0.2, 0) is 0 Å². The van der Waals surface area contributed by atoms with E-state index in [-0.39, 0.29) is 5.96 Å². The Bertz CT molecular complexity index is 589. The predicted molar refractivity (Wildman–Crippen MR) is 140 cm³/mol. The van der Waals surface area contributed by atoms with Gasteiger partial charge in [-0.1, -0.05) is 63.9 Å². The van der Waals surface area contributed by atoms with Crippen LogP contribution in [0.2, 0.25) is 0 Å². The molecule has 3 unspecified atom stereocenters. The zero-order valence-electron chi connectivity index (χ0n) is 21.2. The first-order valence-corrected chi connectivity index (χ1v) is 13.7. The van der Waals surface area contributed by atoms with E-state index in [2.05, 4.69) is 28.6 Å². The molecule has 1 saturated heterocycles. The van der Waals surface area contributed by atoms with Crippen LogP contribution < -0.4 is 16.4 Å². The smallest absolute Gasteiger partial charge is 0.220 e. The van der Waals surface area contributed by atoms with Gasteiger partial charge < -0.3 is 16.6 Å². The number of nitrogens with two attached hydrogens (primary N) is 2. The number of unbranched alkanes of at least 4 members (excludes halogenated alkanes) is 12. The van der Waals surface area contributed by atoms with Crippen molar-refractivity contribution < 1.29 is 10.0 Å². The molecule has 2 aliphatic rings. The molecule has 3 atom stereocenters. The average Bonchev–Trinajstić information content (AvgIpc) is 3.14. The van der Waals surface area contributed by atoms with Crippen LogP contribution in [0.5, 0.6) is 0 Å². The molecule has 33 heavy (non-hydrogen) atoms. The zero-order valence-corrected chi connectivity index (χ0v) is 21.2. The fourth-order valence-electron chi connectivity index (χ4n) is 5.45. The summed E-state index contributed by atoms with van der Waals surface area (Å²) in [4.78, 5) is 7.94. The van der Waals surface area contributed by atoms with E-state index in [0.717, 1.165) is 51.7 Å². The molecule has 2 heterocycles. The monoisotopic (exact) mass is 462 g/mol. The molecule has 1 fully saturated rings. The van der Waals surface area contributed by atoms with Crippen molar-refractivity contribution >= 4 is 5.96 Å². The highest BCUT2D eigenvalue weighted by molar-refractivity contribution is 5.75. The maximum absolute atomic E-state index is 11.4. The van der Waals surface area contributed by atoms with Gasteiger partial charge in [0.1, 0.15) is 0 Å². The van der Waals surface area contributed by atoms with Gasteiger partial charge in [0.2, 0.25) is 5.72 Å². The molecule has 2 rings (SSSR count). The molecular formula is C27H52N5O+. The number of hydrogen-bond acceptors (Lipinski definition) is 3. The van der Waals surface area contributed by atoms with Crippen LogP contribution in [0.3, 0.4) is 0 Å². The van der Waals surface area contributed by atoms with Crippen LogP contribution in [0.1, 0.15) is 103 Å². The quantitative estimate of drug-likeness (QED) is 0.102. The summed E-state index contributed by atoms with van der Waals surface area (Å²) < 4.78 is 0. The molecule has 0 spiro atoms. The summed E-state index contributed by atoms with van der Waals surface area (Å²) in [7, 11) is 0. The normalized spacial score (nSPS) is 24.6. The van der Waals surface area contributed by atoms with Gasteiger partial charge in [0.05, 0.1) is 6.54 Å². The molecule has 6 nitrogen and oxygen atoms in total. The highest BCUT2D eigenvalue weighted by atomic mass is 16.3. The number of quaternary nitrogens is 1. The molecule has 0 amide bonds. The van der Waals surface area contributed by atoms with E-state index in [1.54, 1.807) is 0 Å². The number of allylic oxidation sites excluding steroid dienone is 1. The zero-order chi connectivity index (χ0) is 23.8. The number of fused-ring (bicyclic) bond motifs is 1. The van der Waals surface area contributed by atoms with E-state index >= 15 is 0 Å². The van der Waals surface area contributed by atoms with Crippen molar-refractivity contribution in [2.24, 2.45) is 16.5 Å². The summed E-state index contributed by atoms with van der Waals surface area (Å²) in [6.45, 7) is 7.71. The molecular weight excluding hydrogens is 410 g/mol. The fraction of sp³-hybridized carbons (Fsp3) is 0.815. The Balaban J connectivity index is 1.53. The summed E-state index contributed by atoms with van der Waals surface area (Å²) >= 11 is 0. The van der Waals surface area contributed by atoms with Gasteiger partial charge in [0, 0.05) is 38.6 Å². The summed E-state index contributed by atoms with van der Waals surface area (Å²) in [6.07, 6.45) is 26.6. The highest BCUT2D eigenvalue weighted by Gasteiger charge is 2.48. The molecule has 0 aromatic carbocycles. The van der Waals surface area contributed by atoms with Gasteiger partial charge in [-0.15, -0.1) is 6.58 Å². The van der Waals surface area contributed by atoms with Crippen molar-refractivity contribution in [2.75, 3.05) is 26.2 Å². The first-order chi connectivity index (χ1) is 16.1. The summed E-state index contributed by atoms with van der Waals surface area (Å²) in [5, 5.41) is 11.4. The van der Waals surface area contributed by atoms with E-state index in [1.165, 1.54) is 75.5 Å². The minimum Gasteiger partial charge on any atom is -0.370 e. The van der Waals surface area contributed by atoms with Crippen LogP contribution in [0, 0.1) is 0 Å². The summed E-state index contributed by atoms with van der Waals surface area (Å²) in [5.41, 5.74) is 10.1. The van der Waals surface area contributed by atoms with Gasteiger partial charge in [0.25, 0.3) is 0 Å². The molecule has 6 heteroatoms. The van der Waals surface area contributed by atoms with Crippen molar-refractivity contribution in [2.45, 2.75) is 115 Å². The molecule has 2 aliphatic heterocycles. The lowest BCUT2D eigenvalue weighted by Gasteiger charge is -2.42. The van der Waals surface area contributed by atoms with Gasteiger partial charge in [-0.3, -0.25) is 14.8 Å². The molecule has 0 bridgehead atoms. The second kappa shape index (κ2) is 16.3. The standard InChI is InChI=1S/C27H51N5O/c1-2-3-4-5-6-7-8-9-10-11-12-13-14-19-27(33)20-18-25-31(23-17-24-32(25)27)22-16-15-21-30-26(28)29/h2,18,20,25,33H,1,3-17,19,21-24H2,(H4,28,29,30)/p+1. The third-order valence-electron chi connectivity index (χ3n) is 7.37. The third-order valence-corrected chi connectivity index (χ3v) is 7.37. The van der Waals surface area contributed by atoms with Gasteiger partial charge in [-0.2, -0.15) is 0 Å². The Morgan fingerprint density at radius 3 is 2.27 bits per heavy atom. The van der Waals surface area contributed by atoms with Crippen molar-refractivity contribution in [1.82, 2.24) is 4.90 Å². The van der Waals surface area contributed by atoms with Gasteiger partial charge in [-0.05, 0) is 38.2 Å². The number of aliphatic imine (C=N–C) groups is 1. The average molecular weight is 463 g/mol. The molecule has 6 N–H and O–H groups in total. The minimum absolute atomic E-state index is 0.179. The molecule has 0 aromatic heterocycles. The Morgan fingerprint density at radius 2 is 1.64 bits per heavy atom. The minimum atomic E-state index is -0.673. The Hall–Kier alpha value is -1.37. The van der Waals surface area contributed by atoms with E-state index in [4.69, 9.17) is 11.5 Å². The molecule has 0 aromatic rings. The van der Waals surface area contributed by atoms with E-state index in [1.807, 2.05) is 6.08 Å². The fourth-order valence-corrected chi connectivity index (χ4v) is 5.45. The van der Waals surface area contributed by atoms with Gasteiger partial charge in [-0.25, -0.2) is 0 Å². The van der Waals surface area contributed by atoms with Crippen molar-refractivity contribution in [3.05, 3.63) is 24.8 Å². The van der Waals surface area contributed by atoms with Crippen LogP contribution in [0.25, 0.3) is 0 Å². The van der Waals surface area contributed by atoms with Gasteiger partial charge >= 0.3 is 0 Å². The van der Waals surface area contributed by atoms with Gasteiger partial charge in [0.15, 0.2) is 12.1 Å². The summed E-state index contributed by atoms with van der Waals surface area (Å²) in [5.74, 6) is 0.179. The van der Waals surface area contributed by atoms with Crippen LogP contribution in [0.4, 0.5) is 0 Å². The second-order valence-corrected chi connectivity index (χ2v) is 10.1. The highest BCUT2D eigenvalue weighted by Crippen LogP contribution is 2.21. The summed E-state index contributed by atoms with van der Waals surface area (Å²) in [6, 6.07) is 0. The topological polar surface area (TPSA) is 92.3 Å².